The van der Waals surface area contributed by atoms with Crippen molar-refractivity contribution in [2.24, 2.45) is 0 Å². The summed E-state index contributed by atoms with van der Waals surface area (Å²) in [5.74, 6) is 0.961. The van der Waals surface area contributed by atoms with E-state index in [1.807, 2.05) is 6.92 Å². The first-order valence-corrected chi connectivity index (χ1v) is 6.96. The SMILES string of the molecule is CCCOc1nc(NCCCC(=O)OCC)ccc1N. The van der Waals surface area contributed by atoms with Crippen LogP contribution >= 0.6 is 0 Å². The highest BCUT2D eigenvalue weighted by Crippen LogP contribution is 2.20. The van der Waals surface area contributed by atoms with Gasteiger partial charge in [0.2, 0.25) is 5.88 Å². The number of hydrogen-bond donors (Lipinski definition) is 2. The van der Waals surface area contributed by atoms with Gasteiger partial charge >= 0.3 is 5.97 Å². The van der Waals surface area contributed by atoms with E-state index >= 15 is 0 Å². The molecule has 6 nitrogen and oxygen atoms in total. The van der Waals surface area contributed by atoms with Crippen LogP contribution in [0, 0.1) is 0 Å². The van der Waals surface area contributed by atoms with Gasteiger partial charge in [0.05, 0.1) is 18.9 Å². The van der Waals surface area contributed by atoms with Gasteiger partial charge in [-0.2, -0.15) is 4.98 Å². The lowest BCUT2D eigenvalue weighted by molar-refractivity contribution is -0.143. The lowest BCUT2D eigenvalue weighted by atomic mass is 10.3. The molecule has 112 valence electrons. The first-order valence-electron chi connectivity index (χ1n) is 6.96. The molecule has 0 aliphatic carbocycles. The number of carbonyl (C=O) groups is 1. The number of nitrogens with one attached hydrogen (secondary N) is 1. The van der Waals surface area contributed by atoms with Crippen LogP contribution in [0.3, 0.4) is 0 Å². The highest BCUT2D eigenvalue weighted by Gasteiger charge is 2.05. The highest BCUT2D eigenvalue weighted by atomic mass is 16.5. The van der Waals surface area contributed by atoms with Crippen molar-refractivity contribution in [3.8, 4) is 5.88 Å². The third kappa shape index (κ3) is 5.77. The largest absolute Gasteiger partial charge is 0.476 e. The van der Waals surface area contributed by atoms with Crippen molar-refractivity contribution in [1.29, 1.82) is 0 Å². The molecular formula is C14H23N3O3. The summed E-state index contributed by atoms with van der Waals surface area (Å²) >= 11 is 0. The second-order valence-corrected chi connectivity index (χ2v) is 4.27. The van der Waals surface area contributed by atoms with Crippen molar-refractivity contribution >= 4 is 17.5 Å². The lowest BCUT2D eigenvalue weighted by Crippen LogP contribution is -2.09. The van der Waals surface area contributed by atoms with E-state index in [9.17, 15) is 4.79 Å². The number of ether oxygens (including phenoxy) is 2. The third-order valence-electron chi connectivity index (χ3n) is 2.50. The molecule has 1 rings (SSSR count). The van der Waals surface area contributed by atoms with E-state index in [2.05, 4.69) is 10.3 Å². The summed E-state index contributed by atoms with van der Waals surface area (Å²) < 4.78 is 10.3. The lowest BCUT2D eigenvalue weighted by Gasteiger charge is -2.10. The molecule has 0 aliphatic rings. The van der Waals surface area contributed by atoms with Gasteiger partial charge in [-0.05, 0) is 31.9 Å². The van der Waals surface area contributed by atoms with E-state index < -0.39 is 0 Å². The Morgan fingerprint density at radius 2 is 2.20 bits per heavy atom. The minimum atomic E-state index is -0.175. The summed E-state index contributed by atoms with van der Waals surface area (Å²) in [7, 11) is 0. The molecule has 1 aromatic heterocycles. The summed E-state index contributed by atoms with van der Waals surface area (Å²) in [4.78, 5) is 15.5. The number of aromatic nitrogens is 1. The van der Waals surface area contributed by atoms with Gasteiger partial charge < -0.3 is 20.5 Å². The van der Waals surface area contributed by atoms with Crippen LogP contribution in [0.5, 0.6) is 5.88 Å². The Morgan fingerprint density at radius 3 is 2.90 bits per heavy atom. The molecular weight excluding hydrogens is 258 g/mol. The Kier molecular flexibility index (Phi) is 7.24. The van der Waals surface area contributed by atoms with Gasteiger partial charge in [0.15, 0.2) is 0 Å². The normalized spacial score (nSPS) is 10.1. The molecule has 0 amide bonds. The number of rotatable bonds is 9. The molecule has 0 atom stereocenters. The third-order valence-corrected chi connectivity index (χ3v) is 2.50. The zero-order valence-electron chi connectivity index (χ0n) is 12.1. The van der Waals surface area contributed by atoms with Crippen LogP contribution in [-0.2, 0) is 9.53 Å². The number of pyridine rings is 1. The molecule has 0 fully saturated rings. The van der Waals surface area contributed by atoms with Crippen LogP contribution in [0.1, 0.15) is 33.1 Å². The van der Waals surface area contributed by atoms with Crippen LogP contribution in [0.2, 0.25) is 0 Å². The van der Waals surface area contributed by atoms with Gasteiger partial charge in [-0.3, -0.25) is 4.79 Å². The van der Waals surface area contributed by atoms with Gasteiger partial charge in [0, 0.05) is 13.0 Å². The summed E-state index contributed by atoms with van der Waals surface area (Å²) in [6.07, 6.45) is 1.99. The Bertz CT molecular complexity index is 424. The number of esters is 1. The van der Waals surface area contributed by atoms with E-state index in [-0.39, 0.29) is 5.97 Å². The fourth-order valence-corrected chi connectivity index (χ4v) is 1.55. The van der Waals surface area contributed by atoms with Crippen LogP contribution in [0.15, 0.2) is 12.1 Å². The Labute approximate surface area is 119 Å². The monoisotopic (exact) mass is 281 g/mol. The molecule has 0 aliphatic heterocycles. The maximum Gasteiger partial charge on any atom is 0.305 e. The maximum absolute atomic E-state index is 11.2. The van der Waals surface area contributed by atoms with Gasteiger partial charge in [-0.1, -0.05) is 6.92 Å². The zero-order valence-corrected chi connectivity index (χ0v) is 12.1. The Hall–Kier alpha value is -1.98. The second kappa shape index (κ2) is 9.01. The van der Waals surface area contributed by atoms with Crippen molar-refractivity contribution in [2.75, 3.05) is 30.8 Å². The van der Waals surface area contributed by atoms with Gasteiger partial charge in [0.1, 0.15) is 5.82 Å². The van der Waals surface area contributed by atoms with Crippen molar-refractivity contribution in [1.82, 2.24) is 4.98 Å². The predicted molar refractivity (Wildman–Crippen MR) is 78.8 cm³/mol. The van der Waals surface area contributed by atoms with Crippen molar-refractivity contribution in [2.45, 2.75) is 33.1 Å². The van der Waals surface area contributed by atoms with E-state index in [4.69, 9.17) is 15.2 Å². The van der Waals surface area contributed by atoms with Gasteiger partial charge in [0.25, 0.3) is 0 Å². The number of nitrogens with zero attached hydrogens (tertiary/aromatic N) is 1. The molecule has 20 heavy (non-hydrogen) atoms. The number of hydrogen-bond acceptors (Lipinski definition) is 6. The molecule has 1 heterocycles. The van der Waals surface area contributed by atoms with E-state index in [0.29, 0.717) is 50.0 Å². The Balaban J connectivity index is 2.38. The van der Waals surface area contributed by atoms with Crippen LogP contribution < -0.4 is 15.8 Å². The van der Waals surface area contributed by atoms with Gasteiger partial charge in [-0.15, -0.1) is 0 Å². The second-order valence-electron chi connectivity index (χ2n) is 4.27. The number of nitrogen functional groups attached to an aromatic ring is 1. The van der Waals surface area contributed by atoms with Crippen molar-refractivity contribution < 1.29 is 14.3 Å². The van der Waals surface area contributed by atoms with Crippen molar-refractivity contribution in [3.63, 3.8) is 0 Å². The molecule has 0 unspecified atom stereocenters. The van der Waals surface area contributed by atoms with Crippen LogP contribution in [-0.4, -0.2) is 30.7 Å². The molecule has 6 heteroatoms. The number of carbonyl (C=O) groups excluding carboxylic acids is 1. The van der Waals surface area contributed by atoms with Crippen LogP contribution in [0.25, 0.3) is 0 Å². The number of nitrogens with two attached hydrogens (primary N) is 1. The average Bonchev–Trinajstić information content (AvgIpc) is 2.44. The standard InChI is InChI=1S/C14H23N3O3/c1-3-10-20-14-11(15)7-8-12(17-14)16-9-5-6-13(18)19-4-2/h7-8H,3-6,9-10,15H2,1-2H3,(H,16,17). The topological polar surface area (TPSA) is 86.5 Å². The Morgan fingerprint density at radius 1 is 1.40 bits per heavy atom. The molecule has 0 radical (unpaired) electrons. The fourth-order valence-electron chi connectivity index (χ4n) is 1.55. The summed E-state index contributed by atoms with van der Waals surface area (Å²) in [6.45, 7) is 5.47. The van der Waals surface area contributed by atoms with E-state index in [1.54, 1.807) is 19.1 Å². The summed E-state index contributed by atoms with van der Waals surface area (Å²) in [6, 6.07) is 3.55. The predicted octanol–water partition coefficient (Wildman–Crippen LogP) is 2.21. The molecule has 3 N–H and O–H groups in total. The van der Waals surface area contributed by atoms with Crippen molar-refractivity contribution in [3.05, 3.63) is 12.1 Å². The molecule has 0 saturated heterocycles. The zero-order chi connectivity index (χ0) is 14.8. The molecule has 0 spiro atoms. The van der Waals surface area contributed by atoms with E-state index in [0.717, 1.165) is 6.42 Å². The minimum Gasteiger partial charge on any atom is -0.476 e. The number of anilines is 2. The fraction of sp³-hybridized carbons (Fsp3) is 0.571. The quantitative estimate of drug-likeness (QED) is 0.533. The molecule has 1 aromatic rings. The smallest absolute Gasteiger partial charge is 0.305 e. The van der Waals surface area contributed by atoms with Gasteiger partial charge in [-0.25, -0.2) is 0 Å². The highest BCUT2D eigenvalue weighted by molar-refractivity contribution is 5.69. The first kappa shape index (κ1) is 16.1. The minimum absolute atomic E-state index is 0.175. The average molecular weight is 281 g/mol. The maximum atomic E-state index is 11.2. The molecule has 0 bridgehead atoms. The van der Waals surface area contributed by atoms with Crippen LogP contribution in [0.4, 0.5) is 11.5 Å². The summed E-state index contributed by atoms with van der Waals surface area (Å²) in [5, 5.41) is 3.13. The molecule has 0 saturated carbocycles. The molecule has 0 aromatic carbocycles. The first-order chi connectivity index (χ1) is 9.67. The summed E-state index contributed by atoms with van der Waals surface area (Å²) in [5.41, 5.74) is 6.31. The van der Waals surface area contributed by atoms with E-state index in [1.165, 1.54) is 0 Å².